The Bertz CT molecular complexity index is 611. The van der Waals surface area contributed by atoms with Crippen molar-refractivity contribution < 1.29 is 26.7 Å². The molecule has 4 heteroatoms. The second-order valence-corrected chi connectivity index (χ2v) is 5.78. The number of hydrogen-bond acceptors (Lipinski definition) is 3. The summed E-state index contributed by atoms with van der Waals surface area (Å²) >= 11 is 1.35. The molecule has 0 aliphatic rings. The number of allylic oxidation sites excluding steroid dienone is 2. The molecule has 2 rings (SSSR count). The summed E-state index contributed by atoms with van der Waals surface area (Å²) in [4.78, 5) is 1.45. The van der Waals surface area contributed by atoms with Crippen molar-refractivity contribution in [1.82, 2.24) is 0 Å². The normalized spacial score (nSPS) is 9.82. The molecule has 0 radical (unpaired) electrons. The third-order valence-electron chi connectivity index (χ3n) is 3.03. The smallest absolute Gasteiger partial charge is 0.129 e. The van der Waals surface area contributed by atoms with Crippen LogP contribution < -0.4 is 0 Å². The van der Waals surface area contributed by atoms with Gasteiger partial charge in [0.05, 0.1) is 9.79 Å². The van der Waals surface area contributed by atoms with E-state index >= 15 is 0 Å². The second kappa shape index (κ2) is 8.72. The molecule has 0 unspecified atom stereocenters. The van der Waals surface area contributed by atoms with E-state index in [1.165, 1.54) is 11.8 Å². The van der Waals surface area contributed by atoms with E-state index < -0.39 is 0 Å². The molecule has 2 aromatic carbocycles. The van der Waals surface area contributed by atoms with Crippen molar-refractivity contribution in [3.8, 4) is 11.5 Å². The molecule has 0 fully saturated rings. The predicted molar refractivity (Wildman–Crippen MR) is 88.1 cm³/mol. The first-order valence-electron chi connectivity index (χ1n) is 6.67. The van der Waals surface area contributed by atoms with Crippen molar-refractivity contribution in [2.75, 3.05) is 0 Å². The van der Waals surface area contributed by atoms with Crippen LogP contribution in [-0.2, 0) is 29.3 Å². The van der Waals surface area contributed by atoms with E-state index in [9.17, 15) is 10.2 Å². The molecule has 0 atom stereocenters. The van der Waals surface area contributed by atoms with Gasteiger partial charge >= 0.3 is 0 Å². The topological polar surface area (TPSA) is 40.5 Å². The Kier molecular flexibility index (Phi) is 7.30. The summed E-state index contributed by atoms with van der Waals surface area (Å²) in [5.41, 5.74) is 2.15. The van der Waals surface area contributed by atoms with Gasteiger partial charge in [0.1, 0.15) is 11.5 Å². The molecule has 0 aliphatic carbocycles. The van der Waals surface area contributed by atoms with Gasteiger partial charge in [0, 0.05) is 16.5 Å². The van der Waals surface area contributed by atoms with Gasteiger partial charge in [-0.15, -0.1) is 13.2 Å². The molecule has 118 valence electrons. The van der Waals surface area contributed by atoms with E-state index in [2.05, 4.69) is 13.2 Å². The molecule has 0 amide bonds. The van der Waals surface area contributed by atoms with Crippen LogP contribution in [0.2, 0.25) is 0 Å². The zero-order valence-electron chi connectivity index (χ0n) is 12.1. The zero-order valence-corrected chi connectivity index (χ0v) is 13.9. The Morgan fingerprint density at radius 1 is 0.818 bits per heavy atom. The average Bonchev–Trinajstić information content (AvgIpc) is 2.46. The third kappa shape index (κ3) is 4.69. The molecule has 0 saturated carbocycles. The van der Waals surface area contributed by atoms with Gasteiger partial charge in [-0.2, -0.15) is 0 Å². The Labute approximate surface area is 145 Å². The molecule has 0 saturated heterocycles. The zero-order chi connectivity index (χ0) is 15.2. The maximum Gasteiger partial charge on any atom is 0.129 e. The first kappa shape index (κ1) is 18.4. The van der Waals surface area contributed by atoms with E-state index in [0.29, 0.717) is 0 Å². The summed E-state index contributed by atoms with van der Waals surface area (Å²) in [6.45, 7) is 7.44. The molecule has 0 aromatic heterocycles. The quantitative estimate of drug-likeness (QED) is 0.582. The molecule has 0 spiro atoms. The van der Waals surface area contributed by atoms with E-state index in [4.69, 9.17) is 0 Å². The number of rotatable bonds is 6. The minimum atomic E-state index is 0. The summed E-state index contributed by atoms with van der Waals surface area (Å²) in [6.07, 6.45) is 5.14. The van der Waals surface area contributed by atoms with Crippen LogP contribution in [0.3, 0.4) is 0 Å². The van der Waals surface area contributed by atoms with Gasteiger partial charge in [0.25, 0.3) is 0 Å². The van der Waals surface area contributed by atoms with Gasteiger partial charge < -0.3 is 10.2 Å². The van der Waals surface area contributed by atoms with Crippen molar-refractivity contribution >= 4 is 11.8 Å². The maximum atomic E-state index is 9.98. The Hall–Kier alpha value is -1.64. The van der Waals surface area contributed by atoms with Gasteiger partial charge in [0.2, 0.25) is 0 Å². The Morgan fingerprint density at radius 2 is 1.23 bits per heavy atom. The van der Waals surface area contributed by atoms with Crippen molar-refractivity contribution in [2.45, 2.75) is 22.6 Å². The fraction of sp³-hybridized carbons (Fsp3) is 0.111. The van der Waals surface area contributed by atoms with E-state index in [1.807, 2.05) is 36.4 Å². The maximum absolute atomic E-state index is 9.98. The SMILES string of the molecule is C=CCc1ccc(O)c(Sc2cc(CC=C)ccc2O)c1.[Ni]. The monoisotopic (exact) mass is 356 g/mol. The van der Waals surface area contributed by atoms with Crippen LogP contribution in [-0.4, -0.2) is 10.2 Å². The van der Waals surface area contributed by atoms with Crippen LogP contribution in [0.1, 0.15) is 11.1 Å². The van der Waals surface area contributed by atoms with Crippen LogP contribution in [0.15, 0.2) is 71.5 Å². The van der Waals surface area contributed by atoms with E-state index in [0.717, 1.165) is 33.8 Å². The fourth-order valence-electron chi connectivity index (χ4n) is 1.99. The molecular formula is C18H18NiO2S. The third-order valence-corrected chi connectivity index (χ3v) is 4.12. The molecule has 2 nitrogen and oxygen atoms in total. The summed E-state index contributed by atoms with van der Waals surface area (Å²) in [5.74, 6) is 0.419. The molecular weight excluding hydrogens is 339 g/mol. The average molecular weight is 357 g/mol. The van der Waals surface area contributed by atoms with Crippen LogP contribution in [0.4, 0.5) is 0 Å². The first-order valence-corrected chi connectivity index (χ1v) is 7.49. The van der Waals surface area contributed by atoms with Gasteiger partial charge in [-0.25, -0.2) is 0 Å². The van der Waals surface area contributed by atoms with Crippen LogP contribution in [0.25, 0.3) is 0 Å². The van der Waals surface area contributed by atoms with Crippen molar-refractivity contribution in [1.29, 1.82) is 0 Å². The van der Waals surface area contributed by atoms with Gasteiger partial charge in [-0.3, -0.25) is 0 Å². The van der Waals surface area contributed by atoms with Crippen LogP contribution in [0, 0.1) is 0 Å². The molecule has 0 bridgehead atoms. The van der Waals surface area contributed by atoms with E-state index in [-0.39, 0.29) is 28.0 Å². The molecule has 22 heavy (non-hydrogen) atoms. The number of hydrogen-bond donors (Lipinski definition) is 2. The van der Waals surface area contributed by atoms with Gasteiger partial charge in [-0.05, 0) is 48.2 Å². The fourth-order valence-corrected chi connectivity index (χ4v) is 2.99. The summed E-state index contributed by atoms with van der Waals surface area (Å²) < 4.78 is 0. The minimum absolute atomic E-state index is 0. The van der Waals surface area contributed by atoms with Crippen molar-refractivity contribution in [2.24, 2.45) is 0 Å². The van der Waals surface area contributed by atoms with Crippen molar-refractivity contribution in [3.05, 3.63) is 72.8 Å². The van der Waals surface area contributed by atoms with Crippen LogP contribution >= 0.6 is 11.8 Å². The van der Waals surface area contributed by atoms with Gasteiger partial charge in [0.15, 0.2) is 0 Å². The molecule has 0 heterocycles. The number of aromatic hydroxyl groups is 2. The van der Waals surface area contributed by atoms with Gasteiger partial charge in [-0.1, -0.05) is 36.0 Å². The van der Waals surface area contributed by atoms with E-state index in [1.54, 1.807) is 12.1 Å². The molecule has 2 N–H and O–H groups in total. The number of phenolic OH excluding ortho intramolecular Hbond substituents is 2. The number of benzene rings is 2. The first-order chi connectivity index (χ1) is 10.1. The van der Waals surface area contributed by atoms with Crippen molar-refractivity contribution in [3.63, 3.8) is 0 Å². The molecule has 0 aliphatic heterocycles. The largest absolute Gasteiger partial charge is 0.507 e. The summed E-state index contributed by atoms with van der Waals surface area (Å²) in [5, 5.41) is 20.0. The Balaban J connectivity index is 0.00000242. The minimum Gasteiger partial charge on any atom is -0.507 e. The Morgan fingerprint density at radius 3 is 1.59 bits per heavy atom. The van der Waals surface area contributed by atoms with Crippen LogP contribution in [0.5, 0.6) is 11.5 Å². The summed E-state index contributed by atoms with van der Waals surface area (Å²) in [6, 6.07) is 10.9. The standard InChI is InChI=1S/C18H18O2S.Ni/c1-3-5-13-7-9-15(19)17(11-13)21-18-12-14(6-4-2)8-10-16(18)20;/h3-4,7-12,19-20H,1-2,5-6H2;. The number of phenols is 2. The second-order valence-electron chi connectivity index (χ2n) is 4.69. The predicted octanol–water partition coefficient (Wildman–Crippen LogP) is 4.70. The summed E-state index contributed by atoms with van der Waals surface area (Å²) in [7, 11) is 0. The molecule has 2 aromatic rings.